The Bertz CT molecular complexity index is 573. The van der Waals surface area contributed by atoms with Crippen molar-refractivity contribution in [2.45, 2.75) is 102 Å². The molecule has 0 bridgehead atoms. The summed E-state index contributed by atoms with van der Waals surface area (Å²) in [5, 5.41) is 49.1. The first-order chi connectivity index (χ1) is 14.3. The maximum absolute atomic E-state index is 11.7. The predicted octanol–water partition coefficient (Wildman–Crippen LogP) is 3.75. The number of aliphatic hydroxyl groups is 4. The molecule has 1 rings (SSSR count). The van der Waals surface area contributed by atoms with Crippen LogP contribution in [0.4, 0.5) is 0 Å². The van der Waals surface area contributed by atoms with Crippen molar-refractivity contribution in [3.8, 4) is 0 Å². The van der Waals surface area contributed by atoms with Crippen LogP contribution in [0.2, 0.25) is 0 Å². The van der Waals surface area contributed by atoms with Gasteiger partial charge in [-0.25, -0.2) is 4.79 Å². The normalized spacial score (nSPS) is 19.6. The second-order valence-electron chi connectivity index (χ2n) is 8.24. The zero-order chi connectivity index (χ0) is 22.6. The van der Waals surface area contributed by atoms with Crippen molar-refractivity contribution in [3.05, 3.63) is 11.5 Å². The number of esters is 1. The van der Waals surface area contributed by atoms with Gasteiger partial charge in [-0.2, -0.15) is 0 Å². The van der Waals surface area contributed by atoms with Crippen LogP contribution < -0.4 is 0 Å². The molecule has 1 aliphatic heterocycles. The number of rotatable bonds is 17. The lowest BCUT2D eigenvalue weighted by Gasteiger charge is -2.35. The summed E-state index contributed by atoms with van der Waals surface area (Å²) >= 11 is 0. The van der Waals surface area contributed by atoms with Crippen molar-refractivity contribution < 1.29 is 39.9 Å². The van der Waals surface area contributed by atoms with Crippen molar-refractivity contribution in [2.75, 3.05) is 6.61 Å². The van der Waals surface area contributed by atoms with Gasteiger partial charge < -0.3 is 30.3 Å². The van der Waals surface area contributed by atoms with E-state index >= 15 is 0 Å². The fraction of sp³-hybridized carbons (Fsp3) is 0.818. The second-order valence-corrected chi connectivity index (χ2v) is 8.24. The van der Waals surface area contributed by atoms with Crippen LogP contribution in [0.25, 0.3) is 0 Å². The first kappa shape index (κ1) is 26.2. The van der Waals surface area contributed by atoms with E-state index < -0.39 is 47.7 Å². The van der Waals surface area contributed by atoms with Gasteiger partial charge in [0.15, 0.2) is 11.9 Å². The zero-order valence-corrected chi connectivity index (χ0v) is 18.0. The van der Waals surface area contributed by atoms with Crippen LogP contribution >= 0.6 is 0 Å². The summed E-state index contributed by atoms with van der Waals surface area (Å²) in [6.07, 6.45) is 11.6. The van der Waals surface area contributed by atoms with Crippen molar-refractivity contribution in [1.82, 2.24) is 0 Å². The minimum absolute atomic E-state index is 0.0475. The third-order valence-corrected chi connectivity index (χ3v) is 5.86. The summed E-state index contributed by atoms with van der Waals surface area (Å²) in [4.78, 5) is 23.1. The number of hydrogen-bond acceptors (Lipinski definition) is 7. The van der Waals surface area contributed by atoms with Gasteiger partial charge in [-0.3, -0.25) is 4.79 Å². The van der Waals surface area contributed by atoms with E-state index in [9.17, 15) is 35.1 Å². The summed E-state index contributed by atoms with van der Waals surface area (Å²) < 4.78 is 4.70. The van der Waals surface area contributed by atoms with Crippen molar-refractivity contribution in [2.24, 2.45) is 5.92 Å². The topological polar surface area (TPSA) is 145 Å². The molecule has 0 fully saturated rings. The van der Waals surface area contributed by atoms with Crippen molar-refractivity contribution in [1.29, 1.82) is 0 Å². The highest BCUT2D eigenvalue weighted by Gasteiger charge is 2.55. The summed E-state index contributed by atoms with van der Waals surface area (Å²) in [5.41, 5.74) is -2.42. The Labute approximate surface area is 178 Å². The van der Waals surface area contributed by atoms with E-state index in [-0.39, 0.29) is 6.42 Å². The highest BCUT2D eigenvalue weighted by Crippen LogP contribution is 2.35. The molecular formula is C22H38O8. The van der Waals surface area contributed by atoms with Gasteiger partial charge in [0, 0.05) is 0 Å². The van der Waals surface area contributed by atoms with E-state index in [0.29, 0.717) is 6.42 Å². The molecule has 1 aliphatic rings. The Kier molecular flexibility index (Phi) is 11.8. The average Bonchev–Trinajstić information content (AvgIpc) is 2.98. The molecule has 1 unspecified atom stereocenters. The fourth-order valence-electron chi connectivity index (χ4n) is 3.94. The number of cyclic esters (lactones) is 1. The third kappa shape index (κ3) is 7.47. The van der Waals surface area contributed by atoms with Gasteiger partial charge in [0.2, 0.25) is 5.76 Å². The van der Waals surface area contributed by atoms with Crippen LogP contribution in [-0.4, -0.2) is 55.8 Å². The van der Waals surface area contributed by atoms with Crippen LogP contribution in [0.1, 0.15) is 90.4 Å². The number of unbranched alkanes of at least 4 members (excludes halogenated alkanes) is 11. The summed E-state index contributed by atoms with van der Waals surface area (Å²) in [6.45, 7) is 1.16. The summed E-state index contributed by atoms with van der Waals surface area (Å²) in [7, 11) is 0. The van der Waals surface area contributed by atoms with Gasteiger partial charge in [0.05, 0.1) is 12.5 Å². The third-order valence-electron chi connectivity index (χ3n) is 5.86. The summed E-state index contributed by atoms with van der Waals surface area (Å²) in [6, 6.07) is 0. The van der Waals surface area contributed by atoms with Crippen molar-refractivity contribution >= 4 is 11.9 Å². The maximum atomic E-state index is 11.7. The molecule has 0 spiro atoms. The molecule has 5 N–H and O–H groups in total. The Morgan fingerprint density at radius 3 is 1.80 bits per heavy atom. The average molecular weight is 431 g/mol. The maximum Gasteiger partial charge on any atom is 0.378 e. The number of aliphatic carboxylic acids is 1. The quantitative estimate of drug-likeness (QED) is 0.173. The van der Waals surface area contributed by atoms with E-state index in [2.05, 4.69) is 6.92 Å². The lowest BCUT2D eigenvalue weighted by molar-refractivity contribution is -0.183. The Morgan fingerprint density at radius 1 is 0.967 bits per heavy atom. The van der Waals surface area contributed by atoms with Crippen LogP contribution in [0.3, 0.4) is 0 Å². The zero-order valence-electron chi connectivity index (χ0n) is 18.0. The van der Waals surface area contributed by atoms with Gasteiger partial charge in [0.1, 0.15) is 5.60 Å². The lowest BCUT2D eigenvalue weighted by Crippen LogP contribution is -2.55. The Hall–Kier alpha value is -1.80. The summed E-state index contributed by atoms with van der Waals surface area (Å²) in [5.74, 6) is -6.14. The van der Waals surface area contributed by atoms with E-state index in [1.165, 1.54) is 44.9 Å². The number of carboxylic acid groups (broad SMARTS) is 1. The predicted molar refractivity (Wildman–Crippen MR) is 111 cm³/mol. The van der Waals surface area contributed by atoms with E-state index in [1.807, 2.05) is 0 Å². The molecule has 8 nitrogen and oxygen atoms in total. The van der Waals surface area contributed by atoms with E-state index in [4.69, 9.17) is 4.74 Å². The molecule has 0 aromatic carbocycles. The lowest BCUT2D eigenvalue weighted by atomic mass is 9.79. The van der Waals surface area contributed by atoms with Gasteiger partial charge in [-0.15, -0.1) is 0 Å². The fourth-order valence-corrected chi connectivity index (χ4v) is 3.94. The smallest absolute Gasteiger partial charge is 0.378 e. The molecule has 0 saturated carbocycles. The first-order valence-electron chi connectivity index (χ1n) is 11.2. The molecule has 0 aliphatic carbocycles. The molecule has 174 valence electrons. The SMILES string of the molecule is CCCCCCCCCCCCCCC(C(=O)O)[C@](O)(CO)[C@H]1OC(=O)C(O)=C1O. The van der Waals surface area contributed by atoms with Crippen LogP contribution in [0.15, 0.2) is 11.5 Å². The van der Waals surface area contributed by atoms with Crippen molar-refractivity contribution in [3.63, 3.8) is 0 Å². The molecule has 1 heterocycles. The first-order valence-corrected chi connectivity index (χ1v) is 11.2. The molecular weight excluding hydrogens is 392 g/mol. The van der Waals surface area contributed by atoms with Gasteiger partial charge in [-0.05, 0) is 6.42 Å². The molecule has 0 radical (unpaired) electrons. The molecule has 8 heteroatoms. The van der Waals surface area contributed by atoms with Gasteiger partial charge >= 0.3 is 11.9 Å². The van der Waals surface area contributed by atoms with Crippen LogP contribution in [-0.2, 0) is 14.3 Å². The molecule has 30 heavy (non-hydrogen) atoms. The Balaban J connectivity index is 2.37. The van der Waals surface area contributed by atoms with Crippen LogP contribution in [0, 0.1) is 5.92 Å². The minimum atomic E-state index is -2.42. The van der Waals surface area contributed by atoms with Crippen LogP contribution in [0.5, 0.6) is 0 Å². The number of carbonyl (C=O) groups is 2. The minimum Gasteiger partial charge on any atom is -0.505 e. The molecule has 0 aromatic rings. The second kappa shape index (κ2) is 13.5. The highest BCUT2D eigenvalue weighted by atomic mass is 16.6. The number of carbonyl (C=O) groups excluding carboxylic acids is 1. The van der Waals surface area contributed by atoms with Gasteiger partial charge in [-0.1, -0.05) is 84.0 Å². The number of aliphatic hydroxyl groups excluding tert-OH is 3. The number of ether oxygens (including phenoxy) is 1. The van der Waals surface area contributed by atoms with E-state index in [0.717, 1.165) is 25.7 Å². The Morgan fingerprint density at radius 2 is 1.43 bits per heavy atom. The monoisotopic (exact) mass is 430 g/mol. The standard InChI is InChI=1S/C22H38O8/c1-2-3-4-5-6-7-8-9-10-11-12-13-14-16(20(26)27)22(29,15-23)19-17(24)18(25)21(28)30-19/h16,19,23-25,29H,2-15H2,1H3,(H,26,27)/t16?,19-,22+/m0/s1. The number of carboxylic acids is 1. The molecule has 0 aromatic heterocycles. The van der Waals surface area contributed by atoms with Gasteiger partial charge in [0.25, 0.3) is 0 Å². The van der Waals surface area contributed by atoms with E-state index in [1.54, 1.807) is 0 Å². The highest BCUT2D eigenvalue weighted by molar-refractivity contribution is 5.89. The number of hydrogen-bond donors (Lipinski definition) is 5. The molecule has 0 saturated heterocycles. The molecule has 0 amide bonds. The molecule has 3 atom stereocenters. The largest absolute Gasteiger partial charge is 0.505 e.